The molecule has 1 aromatic carbocycles. The second kappa shape index (κ2) is 8.64. The van der Waals surface area contributed by atoms with Gasteiger partial charge in [-0.1, -0.05) is 12.1 Å². The van der Waals surface area contributed by atoms with Crippen molar-refractivity contribution in [2.24, 2.45) is 0 Å². The van der Waals surface area contributed by atoms with E-state index in [1.165, 1.54) is 41.4 Å². The Kier molecular flexibility index (Phi) is 6.26. The molecule has 0 spiro atoms. The largest absolute Gasteiger partial charge is 0.466 e. The van der Waals surface area contributed by atoms with E-state index < -0.39 is 12.0 Å². The number of hydrogen-bond acceptors (Lipinski definition) is 6. The number of esters is 1. The first-order valence-corrected chi connectivity index (χ1v) is 10.1. The molecule has 1 fully saturated rings. The number of carbonyl (C=O) groups is 2. The van der Waals surface area contributed by atoms with Crippen molar-refractivity contribution < 1.29 is 23.1 Å². The number of rotatable bonds is 6. The lowest BCUT2D eigenvalue weighted by molar-refractivity contribution is -0.153. The predicted molar refractivity (Wildman–Crippen MR) is 98.3 cm³/mol. The number of hydrogen-bond donors (Lipinski definition) is 0. The van der Waals surface area contributed by atoms with Crippen molar-refractivity contribution in [1.29, 1.82) is 0 Å². The number of halogens is 1. The molecule has 0 bridgehead atoms. The van der Waals surface area contributed by atoms with Gasteiger partial charge in [0.25, 0.3) is 0 Å². The molecule has 1 amide bonds. The van der Waals surface area contributed by atoms with Gasteiger partial charge in [0.1, 0.15) is 29.6 Å². The first-order chi connectivity index (χ1) is 12.6. The number of benzene rings is 1. The lowest BCUT2D eigenvalue weighted by Crippen LogP contribution is -2.42. The fourth-order valence-electron chi connectivity index (χ4n) is 2.68. The minimum Gasteiger partial charge on any atom is -0.466 e. The number of thioether (sulfide) groups is 2. The highest BCUT2D eigenvalue weighted by atomic mass is 32.2. The second-order valence-corrected chi connectivity index (χ2v) is 7.84. The van der Waals surface area contributed by atoms with E-state index in [0.717, 1.165) is 0 Å². The number of furan rings is 1. The number of ether oxygens (including phenoxy) is 1. The van der Waals surface area contributed by atoms with Crippen LogP contribution < -0.4 is 0 Å². The predicted octanol–water partition coefficient (Wildman–Crippen LogP) is 3.72. The van der Waals surface area contributed by atoms with Crippen LogP contribution in [0.15, 0.2) is 52.0 Å². The Balaban J connectivity index is 1.54. The summed E-state index contributed by atoms with van der Waals surface area (Å²) in [5.41, 5.74) is 0. The lowest BCUT2D eigenvalue weighted by Gasteiger charge is -2.25. The van der Waals surface area contributed by atoms with Crippen molar-refractivity contribution in [2.45, 2.75) is 23.2 Å². The minimum atomic E-state index is -0.647. The number of carbonyl (C=O) groups excluding carboxylic acids is 2. The summed E-state index contributed by atoms with van der Waals surface area (Å²) < 4.78 is 24.2. The second-order valence-electron chi connectivity index (χ2n) is 5.59. The van der Waals surface area contributed by atoms with Crippen molar-refractivity contribution >= 4 is 35.4 Å². The summed E-state index contributed by atoms with van der Waals surface area (Å²) in [6, 6.07) is 9.35. The molecule has 0 radical (unpaired) electrons. The maximum absolute atomic E-state index is 13.6. The van der Waals surface area contributed by atoms with Gasteiger partial charge in [-0.25, -0.2) is 9.18 Å². The fraction of sp³-hybridized carbons (Fsp3) is 0.333. The zero-order valence-corrected chi connectivity index (χ0v) is 15.7. The highest BCUT2D eigenvalue weighted by Crippen LogP contribution is 2.41. The molecule has 3 rings (SSSR count). The van der Waals surface area contributed by atoms with Gasteiger partial charge in [0, 0.05) is 23.3 Å². The van der Waals surface area contributed by atoms with Crippen LogP contribution in [0.25, 0.3) is 0 Å². The number of nitrogens with zero attached hydrogens (tertiary/aromatic N) is 1. The minimum absolute atomic E-state index is 0.149. The van der Waals surface area contributed by atoms with Crippen molar-refractivity contribution in [3.05, 3.63) is 54.2 Å². The Morgan fingerprint density at radius 2 is 2.15 bits per heavy atom. The Hall–Kier alpha value is -1.93. The number of amides is 1. The summed E-state index contributed by atoms with van der Waals surface area (Å²) in [4.78, 5) is 26.5. The van der Waals surface area contributed by atoms with Crippen LogP contribution in [0, 0.1) is 5.82 Å². The van der Waals surface area contributed by atoms with E-state index in [9.17, 15) is 14.0 Å². The molecule has 138 valence electrons. The Labute approximate surface area is 159 Å². The third-order valence-electron chi connectivity index (χ3n) is 3.84. The SMILES string of the molecule is CC(=O)N1[C@@H](c2ccco2)SC[C@H]1C(=O)OCCSc1ccccc1F. The molecule has 1 aliphatic rings. The Morgan fingerprint density at radius 1 is 1.35 bits per heavy atom. The summed E-state index contributed by atoms with van der Waals surface area (Å²) in [5, 5.41) is -0.326. The average molecular weight is 395 g/mol. The van der Waals surface area contributed by atoms with Crippen molar-refractivity contribution in [1.82, 2.24) is 4.90 Å². The van der Waals surface area contributed by atoms with Crippen LogP contribution in [0.5, 0.6) is 0 Å². The zero-order chi connectivity index (χ0) is 18.5. The lowest BCUT2D eigenvalue weighted by atomic mass is 10.2. The van der Waals surface area contributed by atoms with E-state index in [1.807, 2.05) is 0 Å². The highest BCUT2D eigenvalue weighted by molar-refractivity contribution is 7.99. The van der Waals surface area contributed by atoms with Gasteiger partial charge in [-0.15, -0.1) is 23.5 Å². The average Bonchev–Trinajstić information content (AvgIpc) is 3.28. The molecule has 1 aromatic heterocycles. The van der Waals surface area contributed by atoms with E-state index in [1.54, 1.807) is 36.6 Å². The molecule has 1 aliphatic heterocycles. The molecule has 8 heteroatoms. The maximum Gasteiger partial charge on any atom is 0.329 e. The molecule has 0 unspecified atom stereocenters. The molecular weight excluding hydrogens is 377 g/mol. The maximum atomic E-state index is 13.6. The van der Waals surface area contributed by atoms with Gasteiger partial charge in [-0.3, -0.25) is 4.79 Å². The first-order valence-electron chi connectivity index (χ1n) is 8.06. The smallest absolute Gasteiger partial charge is 0.329 e. The molecule has 5 nitrogen and oxygen atoms in total. The van der Waals surface area contributed by atoms with Crippen molar-refractivity contribution in [3.8, 4) is 0 Å². The van der Waals surface area contributed by atoms with Crippen LogP contribution in [0.4, 0.5) is 4.39 Å². The standard InChI is InChI=1S/C18H18FNO4S2/c1-12(21)20-14(11-26-17(20)15-6-4-8-23-15)18(22)24-9-10-25-16-7-3-2-5-13(16)19/h2-8,14,17H,9-11H2,1H3/t14-,17+/m0/s1. The van der Waals surface area contributed by atoms with E-state index in [0.29, 0.717) is 22.2 Å². The van der Waals surface area contributed by atoms with Crippen molar-refractivity contribution in [2.75, 3.05) is 18.1 Å². The molecule has 0 N–H and O–H groups in total. The van der Waals surface area contributed by atoms with E-state index in [4.69, 9.17) is 9.15 Å². The summed E-state index contributed by atoms with van der Waals surface area (Å²) in [5.74, 6) is 0.573. The van der Waals surface area contributed by atoms with Crippen LogP contribution >= 0.6 is 23.5 Å². The normalized spacial score (nSPS) is 19.5. The Bertz CT molecular complexity index is 768. The highest BCUT2D eigenvalue weighted by Gasteiger charge is 2.43. The van der Waals surface area contributed by atoms with Crippen LogP contribution in [0.2, 0.25) is 0 Å². The summed E-state index contributed by atoms with van der Waals surface area (Å²) in [6.45, 7) is 1.58. The van der Waals surface area contributed by atoms with Crippen LogP contribution in [-0.4, -0.2) is 40.9 Å². The fourth-order valence-corrected chi connectivity index (χ4v) is 4.86. The topological polar surface area (TPSA) is 59.8 Å². The molecular formula is C18H18FNO4S2. The first kappa shape index (κ1) is 18.8. The van der Waals surface area contributed by atoms with Crippen LogP contribution in [-0.2, 0) is 14.3 Å². The Morgan fingerprint density at radius 3 is 2.85 bits per heavy atom. The monoisotopic (exact) mass is 395 g/mol. The third-order valence-corrected chi connectivity index (χ3v) is 6.14. The molecule has 0 saturated carbocycles. The van der Waals surface area contributed by atoms with Gasteiger partial charge in [0.05, 0.1) is 6.26 Å². The van der Waals surface area contributed by atoms with Gasteiger partial charge in [0.15, 0.2) is 0 Å². The van der Waals surface area contributed by atoms with Crippen molar-refractivity contribution in [3.63, 3.8) is 0 Å². The van der Waals surface area contributed by atoms with Crippen LogP contribution in [0.1, 0.15) is 18.1 Å². The molecule has 1 saturated heterocycles. The van der Waals surface area contributed by atoms with E-state index >= 15 is 0 Å². The zero-order valence-electron chi connectivity index (χ0n) is 14.1. The van der Waals surface area contributed by atoms with Gasteiger partial charge < -0.3 is 14.1 Å². The summed E-state index contributed by atoms with van der Waals surface area (Å²) in [7, 11) is 0. The molecule has 2 heterocycles. The summed E-state index contributed by atoms with van der Waals surface area (Å²) in [6.07, 6.45) is 1.54. The third kappa shape index (κ3) is 4.24. The van der Waals surface area contributed by atoms with Gasteiger partial charge in [-0.05, 0) is 24.3 Å². The molecule has 2 atom stereocenters. The van der Waals surface area contributed by atoms with E-state index in [-0.39, 0.29) is 23.7 Å². The van der Waals surface area contributed by atoms with Crippen LogP contribution in [0.3, 0.4) is 0 Å². The molecule has 2 aromatic rings. The van der Waals surface area contributed by atoms with Gasteiger partial charge in [-0.2, -0.15) is 0 Å². The summed E-state index contributed by atoms with van der Waals surface area (Å²) >= 11 is 2.75. The van der Waals surface area contributed by atoms with E-state index in [2.05, 4.69) is 0 Å². The van der Waals surface area contributed by atoms with Gasteiger partial charge in [0.2, 0.25) is 5.91 Å². The molecule has 0 aliphatic carbocycles. The van der Waals surface area contributed by atoms with Gasteiger partial charge >= 0.3 is 5.97 Å². The quantitative estimate of drug-likeness (QED) is 0.422. The molecule has 26 heavy (non-hydrogen) atoms.